The van der Waals surface area contributed by atoms with Crippen molar-refractivity contribution in [1.29, 1.82) is 0 Å². The van der Waals surface area contributed by atoms with Crippen LogP contribution in [0.1, 0.15) is 62.0 Å². The van der Waals surface area contributed by atoms with E-state index in [0.29, 0.717) is 23.1 Å². The third-order valence-electron chi connectivity index (χ3n) is 9.57. The van der Waals surface area contributed by atoms with Crippen molar-refractivity contribution in [3.8, 4) is 5.75 Å². The fraction of sp³-hybridized carbons (Fsp3) is 0.571. The summed E-state index contributed by atoms with van der Waals surface area (Å²) in [6.07, 6.45) is 6.92. The van der Waals surface area contributed by atoms with E-state index >= 15 is 0 Å². The number of imide groups is 2. The predicted octanol–water partition coefficient (Wildman–Crippen LogP) is 4.02. The first-order valence-corrected chi connectivity index (χ1v) is 13.9. The fourth-order valence-corrected chi connectivity index (χ4v) is 8.74. The van der Waals surface area contributed by atoms with Gasteiger partial charge in [0.2, 0.25) is 11.8 Å². The highest BCUT2D eigenvalue weighted by Gasteiger charge is 2.76. The molecule has 2 saturated heterocycles. The number of likely N-dealkylation sites (tertiary alicyclic amines) is 2. The largest absolute Gasteiger partial charge is 0.507 e. The number of rotatable bonds is 2. The molecule has 0 bridgehead atoms. The van der Waals surface area contributed by atoms with Crippen molar-refractivity contribution in [3.63, 3.8) is 0 Å². The van der Waals surface area contributed by atoms with Gasteiger partial charge < -0.3 is 5.11 Å². The van der Waals surface area contributed by atoms with E-state index in [1.807, 2.05) is 6.08 Å². The molecule has 37 heavy (non-hydrogen) atoms. The van der Waals surface area contributed by atoms with Crippen molar-refractivity contribution < 1.29 is 24.3 Å². The standard InChI is InChI=1S/C28H30Cl2N2O5/c1-14-7-6-10-18(22(14)33)21-16-11-12-17-20(24(35)32(23(17)34)15-8-4-3-5-9-15)19(16)13-27(29)25(36)31(2)26(37)28(21,27)30/h6-7,10-11,15,17,19-21,33H,3-5,8-9,12-13H2,1-2H3/t17-,19+,20-,21+,27+,28-/m0/s1. The number of halogens is 2. The van der Waals surface area contributed by atoms with E-state index < -0.39 is 45.2 Å². The van der Waals surface area contributed by atoms with Crippen molar-refractivity contribution in [2.24, 2.45) is 17.8 Å². The Hall–Kier alpha value is -2.38. The van der Waals surface area contributed by atoms with Gasteiger partial charge in [-0.15, -0.1) is 23.2 Å². The Morgan fingerprint density at radius 2 is 1.68 bits per heavy atom. The summed E-state index contributed by atoms with van der Waals surface area (Å²) in [5.74, 6) is -4.31. The molecule has 0 radical (unpaired) electrons. The van der Waals surface area contributed by atoms with Gasteiger partial charge in [0, 0.05) is 24.6 Å². The number of nitrogens with zero attached hydrogens (tertiary/aromatic N) is 2. The van der Waals surface area contributed by atoms with Gasteiger partial charge in [0.25, 0.3) is 11.8 Å². The van der Waals surface area contributed by atoms with Crippen LogP contribution in [0.5, 0.6) is 5.75 Å². The monoisotopic (exact) mass is 544 g/mol. The van der Waals surface area contributed by atoms with Crippen LogP contribution in [0, 0.1) is 24.7 Å². The van der Waals surface area contributed by atoms with E-state index in [4.69, 9.17) is 23.2 Å². The van der Waals surface area contributed by atoms with Crippen LogP contribution in [0.25, 0.3) is 0 Å². The number of carbonyl (C=O) groups excluding carboxylic acids is 4. The molecular weight excluding hydrogens is 515 g/mol. The number of aryl methyl sites for hydroxylation is 1. The number of hydrogen-bond acceptors (Lipinski definition) is 5. The maximum atomic E-state index is 13.9. The first kappa shape index (κ1) is 24.9. The summed E-state index contributed by atoms with van der Waals surface area (Å²) >= 11 is 14.3. The normalized spacial score (nSPS) is 38.0. The molecule has 0 unspecified atom stereocenters. The Labute approximate surface area is 225 Å². The highest BCUT2D eigenvalue weighted by Crippen LogP contribution is 2.66. The molecule has 1 aromatic carbocycles. The number of aromatic hydroxyl groups is 1. The molecule has 0 aromatic heterocycles. The van der Waals surface area contributed by atoms with Gasteiger partial charge in [-0.1, -0.05) is 49.1 Å². The molecule has 6 atom stereocenters. The molecule has 2 heterocycles. The molecule has 4 fully saturated rings. The lowest BCUT2D eigenvalue weighted by atomic mass is 9.56. The van der Waals surface area contributed by atoms with E-state index in [-0.39, 0.29) is 30.0 Å². The summed E-state index contributed by atoms with van der Waals surface area (Å²) in [5, 5.41) is 11.1. The first-order valence-electron chi connectivity index (χ1n) is 13.1. The van der Waals surface area contributed by atoms with Crippen LogP contribution >= 0.6 is 23.2 Å². The number of amides is 4. The highest BCUT2D eigenvalue weighted by atomic mass is 35.5. The van der Waals surface area contributed by atoms with Crippen molar-refractivity contribution in [3.05, 3.63) is 41.0 Å². The minimum Gasteiger partial charge on any atom is -0.507 e. The average Bonchev–Trinajstić information content (AvgIpc) is 3.21. The second kappa shape index (κ2) is 8.31. The molecule has 7 nitrogen and oxygen atoms in total. The van der Waals surface area contributed by atoms with Crippen LogP contribution < -0.4 is 0 Å². The number of fused-ring (bicyclic) bond motifs is 4. The zero-order valence-electron chi connectivity index (χ0n) is 20.9. The highest BCUT2D eigenvalue weighted by molar-refractivity contribution is 6.53. The Bertz CT molecular complexity index is 1270. The number of phenols is 1. The molecule has 2 saturated carbocycles. The average molecular weight is 545 g/mol. The van der Waals surface area contributed by atoms with Crippen LogP contribution in [-0.4, -0.2) is 61.4 Å². The van der Waals surface area contributed by atoms with Crippen LogP contribution in [0.4, 0.5) is 0 Å². The van der Waals surface area contributed by atoms with Gasteiger partial charge in [-0.2, -0.15) is 0 Å². The number of para-hydroxylation sites is 1. The Morgan fingerprint density at radius 1 is 0.973 bits per heavy atom. The van der Waals surface area contributed by atoms with Crippen LogP contribution in [0.15, 0.2) is 29.8 Å². The van der Waals surface area contributed by atoms with Crippen molar-refractivity contribution in [2.45, 2.75) is 73.6 Å². The number of carbonyl (C=O) groups is 4. The van der Waals surface area contributed by atoms with Crippen LogP contribution in [-0.2, 0) is 19.2 Å². The van der Waals surface area contributed by atoms with Crippen LogP contribution in [0.3, 0.4) is 0 Å². The Balaban J connectivity index is 1.51. The maximum absolute atomic E-state index is 13.9. The number of hydrogen-bond donors (Lipinski definition) is 1. The fourth-order valence-electron chi connectivity index (χ4n) is 7.73. The first-order chi connectivity index (χ1) is 17.5. The van der Waals surface area contributed by atoms with Gasteiger partial charge in [0.05, 0.1) is 11.8 Å². The lowest BCUT2D eigenvalue weighted by Gasteiger charge is -2.50. The summed E-state index contributed by atoms with van der Waals surface area (Å²) in [5.41, 5.74) is 1.69. The van der Waals surface area contributed by atoms with Crippen molar-refractivity contribution in [1.82, 2.24) is 9.80 Å². The molecule has 9 heteroatoms. The van der Waals surface area contributed by atoms with E-state index in [2.05, 4.69) is 0 Å². The van der Waals surface area contributed by atoms with Gasteiger partial charge in [-0.05, 0) is 44.1 Å². The minimum absolute atomic E-state index is 0.0253. The minimum atomic E-state index is -1.88. The van der Waals surface area contributed by atoms with E-state index in [9.17, 15) is 24.3 Å². The zero-order chi connectivity index (χ0) is 26.4. The summed E-state index contributed by atoms with van der Waals surface area (Å²) < 4.78 is 0. The molecule has 4 amide bonds. The molecule has 5 aliphatic rings. The van der Waals surface area contributed by atoms with E-state index in [0.717, 1.165) is 37.0 Å². The molecule has 196 valence electrons. The van der Waals surface area contributed by atoms with Gasteiger partial charge in [-0.25, -0.2) is 0 Å². The third-order valence-corrected chi connectivity index (χ3v) is 11.0. The summed E-state index contributed by atoms with van der Waals surface area (Å²) in [7, 11) is 1.36. The lowest BCUT2D eigenvalue weighted by molar-refractivity contribution is -0.144. The maximum Gasteiger partial charge on any atom is 0.253 e. The summed E-state index contributed by atoms with van der Waals surface area (Å²) in [6.45, 7) is 1.74. The van der Waals surface area contributed by atoms with Gasteiger partial charge in [0.1, 0.15) is 5.75 Å². The molecular formula is C28H30Cl2N2O5. The Kier molecular flexibility index (Phi) is 5.60. The van der Waals surface area contributed by atoms with Crippen molar-refractivity contribution in [2.75, 3.05) is 7.05 Å². The number of phenolic OH excluding ortho intramolecular Hbond substituents is 1. The molecule has 2 aliphatic heterocycles. The second-order valence-electron chi connectivity index (χ2n) is 11.3. The predicted molar refractivity (Wildman–Crippen MR) is 137 cm³/mol. The zero-order valence-corrected chi connectivity index (χ0v) is 22.4. The smallest absolute Gasteiger partial charge is 0.253 e. The van der Waals surface area contributed by atoms with Gasteiger partial charge >= 0.3 is 0 Å². The molecule has 1 aromatic rings. The SMILES string of the molecule is Cc1cccc([C@H]2C3=CC[C@@H]4C(=O)N(C5CCCCC5)C(=O)[C@@H]4[C@@H]3C[C@@]3(Cl)C(=O)N(C)C(=O)[C@@]23Cl)c1O. The number of alkyl halides is 2. The number of allylic oxidation sites excluding steroid dienone is 2. The quantitative estimate of drug-likeness (QED) is 0.344. The second-order valence-corrected chi connectivity index (χ2v) is 12.6. The summed E-state index contributed by atoms with van der Waals surface area (Å²) in [4.78, 5) is 53.3. The molecule has 1 N–H and O–H groups in total. The van der Waals surface area contributed by atoms with Crippen LogP contribution in [0.2, 0.25) is 0 Å². The van der Waals surface area contributed by atoms with Crippen molar-refractivity contribution >= 4 is 46.8 Å². The summed E-state index contributed by atoms with van der Waals surface area (Å²) in [6, 6.07) is 5.10. The Morgan fingerprint density at radius 3 is 2.38 bits per heavy atom. The number of benzene rings is 1. The van der Waals surface area contributed by atoms with E-state index in [1.165, 1.54) is 11.9 Å². The van der Waals surface area contributed by atoms with Gasteiger partial charge in [0.15, 0.2) is 9.75 Å². The molecule has 6 rings (SSSR count). The van der Waals surface area contributed by atoms with E-state index in [1.54, 1.807) is 25.1 Å². The molecule has 0 spiro atoms. The lowest BCUT2D eigenvalue weighted by Crippen LogP contribution is -2.60. The van der Waals surface area contributed by atoms with Gasteiger partial charge in [-0.3, -0.25) is 29.0 Å². The molecule has 3 aliphatic carbocycles. The topological polar surface area (TPSA) is 95.0 Å². The third kappa shape index (κ3) is 3.07.